The number of aliphatic hydroxyl groups is 2. The molecule has 0 unspecified atom stereocenters. The van der Waals surface area contributed by atoms with Crippen molar-refractivity contribution in [3.63, 3.8) is 0 Å². The van der Waals surface area contributed by atoms with Gasteiger partial charge < -0.3 is 40.1 Å². The average molecular weight is 751 g/mol. The summed E-state index contributed by atoms with van der Waals surface area (Å²) in [7, 11) is 0. The summed E-state index contributed by atoms with van der Waals surface area (Å²) in [6.45, 7) is 0. The molecule has 0 bridgehead atoms. The fourth-order valence-corrected chi connectivity index (χ4v) is 6.90. The van der Waals surface area contributed by atoms with E-state index in [2.05, 4.69) is 25.5 Å². The van der Waals surface area contributed by atoms with E-state index >= 15 is 0 Å². The number of thioether (sulfide) groups is 8. The van der Waals surface area contributed by atoms with E-state index in [1.165, 1.54) is 36.3 Å². The van der Waals surface area contributed by atoms with Crippen molar-refractivity contribution in [1.29, 1.82) is 0 Å². The van der Waals surface area contributed by atoms with Crippen LogP contribution in [0.2, 0.25) is 0 Å². The van der Waals surface area contributed by atoms with Gasteiger partial charge in [-0.1, -0.05) is 11.8 Å². The summed E-state index contributed by atoms with van der Waals surface area (Å²) in [5.74, 6) is 8.02. The SMILES string of the molecule is O=C(NCSCCSCN=COOCSCCSCOC(=O)NCSCCSCN=COOCSCO)OCSCO. The lowest BCUT2D eigenvalue weighted by Crippen LogP contribution is -2.24. The quantitative estimate of drug-likeness (QED) is 0.0201. The Bertz CT molecular complexity index is 680. The Kier molecular flexibility index (Phi) is 37.4. The first-order valence-electron chi connectivity index (χ1n) is 11.9. The number of aliphatic hydroxyl groups excluding tert-OH is 2. The van der Waals surface area contributed by atoms with Crippen molar-refractivity contribution in [2.75, 3.05) is 93.7 Å². The number of nitrogens with zero attached hydrogens (tertiary/aromatic N) is 2. The maximum atomic E-state index is 11.7. The normalized spacial score (nSPS) is 11.2. The molecule has 4 N–H and O–H groups in total. The van der Waals surface area contributed by atoms with Crippen LogP contribution in [0.5, 0.6) is 0 Å². The van der Waals surface area contributed by atoms with Gasteiger partial charge in [0.15, 0.2) is 0 Å². The van der Waals surface area contributed by atoms with Gasteiger partial charge in [0.2, 0.25) is 12.8 Å². The van der Waals surface area contributed by atoms with Crippen molar-refractivity contribution in [2.24, 2.45) is 9.98 Å². The van der Waals surface area contributed by atoms with Crippen LogP contribution in [0, 0.1) is 0 Å². The smallest absolute Gasteiger partial charge is 0.408 e. The monoisotopic (exact) mass is 750 g/mol. The van der Waals surface area contributed by atoms with Crippen molar-refractivity contribution < 1.29 is 48.8 Å². The topological polar surface area (TPSA) is 179 Å². The van der Waals surface area contributed by atoms with Gasteiger partial charge in [-0.05, 0) is 0 Å². The first kappa shape index (κ1) is 42.1. The minimum Gasteiger partial charge on any atom is -0.438 e. The molecular formula is C20H38N4O10S8. The zero-order chi connectivity index (χ0) is 30.6. The molecule has 0 aliphatic rings. The Morgan fingerprint density at radius 2 is 0.976 bits per heavy atom. The van der Waals surface area contributed by atoms with E-state index in [0.29, 0.717) is 29.4 Å². The third-order valence-electron chi connectivity index (χ3n) is 3.45. The molecule has 0 aliphatic carbocycles. The van der Waals surface area contributed by atoms with Gasteiger partial charge in [-0.15, -0.1) is 82.3 Å². The average Bonchev–Trinajstić information content (AvgIpc) is 2.99. The van der Waals surface area contributed by atoms with Crippen LogP contribution in [-0.4, -0.2) is 129 Å². The number of hydrogen-bond acceptors (Lipinski definition) is 20. The lowest BCUT2D eigenvalue weighted by molar-refractivity contribution is -0.196. The van der Waals surface area contributed by atoms with Crippen LogP contribution in [0.4, 0.5) is 9.59 Å². The summed E-state index contributed by atoms with van der Waals surface area (Å²) in [6, 6.07) is 0. The van der Waals surface area contributed by atoms with Crippen molar-refractivity contribution >= 4 is 119 Å². The number of aliphatic imine (C=N–C) groups is 2. The predicted molar refractivity (Wildman–Crippen MR) is 184 cm³/mol. The van der Waals surface area contributed by atoms with Crippen molar-refractivity contribution in [3.8, 4) is 0 Å². The zero-order valence-corrected chi connectivity index (χ0v) is 29.3. The number of rotatable bonds is 31. The molecule has 0 saturated heterocycles. The summed E-state index contributed by atoms with van der Waals surface area (Å²) < 4.78 is 9.92. The predicted octanol–water partition coefficient (Wildman–Crippen LogP) is 3.82. The summed E-state index contributed by atoms with van der Waals surface area (Å²) in [4.78, 5) is 50.3. The third-order valence-corrected chi connectivity index (χ3v) is 10.0. The van der Waals surface area contributed by atoms with Gasteiger partial charge >= 0.3 is 12.2 Å². The van der Waals surface area contributed by atoms with Gasteiger partial charge in [-0.25, -0.2) is 19.6 Å². The van der Waals surface area contributed by atoms with Crippen LogP contribution in [0.1, 0.15) is 0 Å². The Balaban J connectivity index is 3.26. The van der Waals surface area contributed by atoms with E-state index in [4.69, 9.17) is 34.3 Å². The highest BCUT2D eigenvalue weighted by Crippen LogP contribution is 2.09. The van der Waals surface area contributed by atoms with E-state index in [1.807, 2.05) is 0 Å². The molecule has 0 radical (unpaired) electrons. The maximum Gasteiger partial charge on any atom is 0.408 e. The van der Waals surface area contributed by atoms with Crippen molar-refractivity contribution in [1.82, 2.24) is 10.6 Å². The first-order chi connectivity index (χ1) is 20.7. The Hall–Kier alpha value is 0.120. The number of ether oxygens (including phenoxy) is 2. The third kappa shape index (κ3) is 36.3. The molecule has 0 aromatic heterocycles. The molecule has 0 aliphatic heterocycles. The fraction of sp³-hybridized carbons (Fsp3) is 0.800. The highest BCUT2D eigenvalue weighted by atomic mass is 32.2. The second kappa shape index (κ2) is 37.3. The molecule has 246 valence electrons. The van der Waals surface area contributed by atoms with Crippen LogP contribution in [0.25, 0.3) is 0 Å². The van der Waals surface area contributed by atoms with E-state index in [1.54, 1.807) is 58.8 Å². The summed E-state index contributed by atoms with van der Waals surface area (Å²) in [5.41, 5.74) is 0. The molecule has 0 fully saturated rings. The largest absolute Gasteiger partial charge is 0.438 e. The van der Waals surface area contributed by atoms with Gasteiger partial charge in [0.05, 0.1) is 35.4 Å². The van der Waals surface area contributed by atoms with E-state index in [-0.39, 0.29) is 29.7 Å². The molecule has 22 heteroatoms. The zero-order valence-electron chi connectivity index (χ0n) is 22.8. The van der Waals surface area contributed by atoms with E-state index < -0.39 is 12.2 Å². The molecule has 2 amide bonds. The molecule has 0 aromatic rings. The first-order valence-corrected chi connectivity index (χ1v) is 21.1. The lowest BCUT2D eigenvalue weighted by atomic mass is 11.0. The number of carbonyl (C=O) groups is 2. The molecule has 0 rings (SSSR count). The molecule has 0 aromatic carbocycles. The molecule has 0 atom stereocenters. The second-order valence-corrected chi connectivity index (χ2v) is 14.6. The lowest BCUT2D eigenvalue weighted by Gasteiger charge is -2.06. The number of amides is 2. The van der Waals surface area contributed by atoms with Gasteiger partial charge in [-0.2, -0.15) is 9.78 Å². The minimum atomic E-state index is -0.494. The molecular weight excluding hydrogens is 713 g/mol. The van der Waals surface area contributed by atoms with Gasteiger partial charge in [0, 0.05) is 34.5 Å². The fourth-order valence-electron chi connectivity index (χ4n) is 1.74. The molecule has 0 spiro atoms. The number of nitrogens with one attached hydrogen (secondary N) is 2. The van der Waals surface area contributed by atoms with Gasteiger partial charge in [0.25, 0.3) is 0 Å². The van der Waals surface area contributed by atoms with Crippen molar-refractivity contribution in [2.45, 2.75) is 0 Å². The van der Waals surface area contributed by atoms with Crippen LogP contribution in [-0.2, 0) is 29.0 Å². The number of carbonyl (C=O) groups excluding carboxylic acids is 2. The second-order valence-electron chi connectivity index (χ2n) is 6.36. The Morgan fingerprint density at radius 1 is 0.571 bits per heavy atom. The summed E-state index contributed by atoms with van der Waals surface area (Å²) in [6.07, 6.45) is 1.57. The molecule has 0 saturated carbocycles. The Morgan fingerprint density at radius 3 is 1.50 bits per heavy atom. The van der Waals surface area contributed by atoms with Gasteiger partial charge in [-0.3, -0.25) is 0 Å². The van der Waals surface area contributed by atoms with Crippen LogP contribution in [0.3, 0.4) is 0 Å². The highest BCUT2D eigenvalue weighted by molar-refractivity contribution is 8.03. The van der Waals surface area contributed by atoms with Crippen molar-refractivity contribution in [3.05, 3.63) is 0 Å². The highest BCUT2D eigenvalue weighted by Gasteiger charge is 2.02. The van der Waals surface area contributed by atoms with Crippen LogP contribution in [0.15, 0.2) is 9.98 Å². The van der Waals surface area contributed by atoms with Crippen LogP contribution >= 0.6 is 94.1 Å². The number of alkyl carbamates (subject to hydrolysis) is 2. The molecule has 42 heavy (non-hydrogen) atoms. The van der Waals surface area contributed by atoms with Gasteiger partial charge in [0.1, 0.15) is 23.8 Å². The minimum absolute atomic E-state index is 0.0226. The molecule has 0 heterocycles. The standard InChI is InChI=1S/C20H38N4O10S8/c25-13-41-16-30-20(28)24-12-38-4-2-35-9-21-7-31-33-17-40-6-5-39-15-29-19(27)23-11-37-3-1-36-10-22-8-32-34-18-42-14-26/h7-8,25-26H,1-6,9-18H2,(H,23,27)(H,24,28). The number of hydrogen-bond donors (Lipinski definition) is 4. The van der Waals surface area contributed by atoms with Crippen LogP contribution < -0.4 is 10.6 Å². The van der Waals surface area contributed by atoms with E-state index in [9.17, 15) is 9.59 Å². The summed E-state index contributed by atoms with van der Waals surface area (Å²) in [5, 5.41) is 22.4. The Labute approximate surface area is 280 Å². The van der Waals surface area contributed by atoms with E-state index in [0.717, 1.165) is 46.3 Å². The molecule has 14 nitrogen and oxygen atoms in total. The summed E-state index contributed by atoms with van der Waals surface area (Å²) >= 11 is 11.8. The maximum absolute atomic E-state index is 11.7.